The lowest BCUT2D eigenvalue weighted by Gasteiger charge is -2.38. The smallest absolute Gasteiger partial charge is 0.253 e. The van der Waals surface area contributed by atoms with Crippen LogP contribution in [0.25, 0.3) is 0 Å². The molecule has 9 nitrogen and oxygen atoms in total. The SMILES string of the molecule is C=CCN(C)C(=O)[C@H]1[C@H]2C(=O)N(CCO)C(C(=O)N(CC=C)c3ccc(OC)cc3)C23CC(C)[C@]1(C)O3. The van der Waals surface area contributed by atoms with Gasteiger partial charge in [-0.25, -0.2) is 0 Å². The Morgan fingerprint density at radius 1 is 1.22 bits per heavy atom. The average molecular weight is 512 g/mol. The molecule has 3 saturated heterocycles. The fraction of sp³-hybridized carbons (Fsp3) is 0.536. The maximum Gasteiger partial charge on any atom is 0.253 e. The van der Waals surface area contributed by atoms with Gasteiger partial charge < -0.3 is 29.3 Å². The number of aliphatic hydroxyl groups excluding tert-OH is 1. The summed E-state index contributed by atoms with van der Waals surface area (Å²) in [6, 6.07) is 6.07. The zero-order valence-electron chi connectivity index (χ0n) is 22.1. The van der Waals surface area contributed by atoms with Gasteiger partial charge in [0.1, 0.15) is 17.4 Å². The summed E-state index contributed by atoms with van der Waals surface area (Å²) in [4.78, 5) is 46.5. The van der Waals surface area contributed by atoms with Crippen LogP contribution in [0.1, 0.15) is 20.3 Å². The van der Waals surface area contributed by atoms with Crippen molar-refractivity contribution in [2.75, 3.05) is 45.3 Å². The molecule has 3 fully saturated rings. The number of amides is 3. The van der Waals surface area contributed by atoms with Gasteiger partial charge in [0.25, 0.3) is 5.91 Å². The predicted molar refractivity (Wildman–Crippen MR) is 139 cm³/mol. The Kier molecular flexibility index (Phi) is 7.23. The summed E-state index contributed by atoms with van der Waals surface area (Å²) in [5.74, 6) is -1.86. The van der Waals surface area contributed by atoms with Crippen LogP contribution >= 0.6 is 0 Å². The highest BCUT2D eigenvalue weighted by Crippen LogP contribution is 2.65. The van der Waals surface area contributed by atoms with Gasteiger partial charge in [-0.15, -0.1) is 13.2 Å². The van der Waals surface area contributed by atoms with E-state index in [1.165, 1.54) is 4.90 Å². The number of aliphatic hydroxyl groups is 1. The zero-order valence-corrected chi connectivity index (χ0v) is 22.1. The van der Waals surface area contributed by atoms with E-state index >= 15 is 0 Å². The number of methoxy groups -OCH3 is 1. The molecular weight excluding hydrogens is 474 g/mol. The van der Waals surface area contributed by atoms with Crippen molar-refractivity contribution in [1.82, 2.24) is 9.80 Å². The van der Waals surface area contributed by atoms with Crippen molar-refractivity contribution in [2.24, 2.45) is 17.8 Å². The molecule has 0 radical (unpaired) electrons. The number of likely N-dealkylation sites (tertiary alicyclic amines) is 1. The van der Waals surface area contributed by atoms with Crippen LogP contribution in [0.2, 0.25) is 0 Å². The minimum absolute atomic E-state index is 0.0319. The summed E-state index contributed by atoms with van der Waals surface area (Å²) in [7, 11) is 3.25. The van der Waals surface area contributed by atoms with Crippen LogP contribution in [-0.2, 0) is 19.1 Å². The van der Waals surface area contributed by atoms with E-state index in [1.54, 1.807) is 60.4 Å². The lowest BCUT2D eigenvalue weighted by atomic mass is 9.62. The van der Waals surface area contributed by atoms with Crippen molar-refractivity contribution in [3.8, 4) is 5.75 Å². The highest BCUT2D eigenvalue weighted by atomic mass is 16.5. The molecule has 37 heavy (non-hydrogen) atoms. The van der Waals surface area contributed by atoms with Gasteiger partial charge >= 0.3 is 0 Å². The molecule has 9 heteroatoms. The van der Waals surface area contributed by atoms with Gasteiger partial charge in [0.15, 0.2) is 0 Å². The summed E-state index contributed by atoms with van der Waals surface area (Å²) in [6.07, 6.45) is 3.71. The number of ether oxygens (including phenoxy) is 2. The van der Waals surface area contributed by atoms with Gasteiger partial charge in [0.05, 0.1) is 31.2 Å². The molecule has 0 aromatic heterocycles. The summed E-state index contributed by atoms with van der Waals surface area (Å²) in [5.41, 5.74) is -1.47. The van der Waals surface area contributed by atoms with E-state index < -0.39 is 29.1 Å². The normalized spacial score (nSPS) is 31.7. The number of carbonyl (C=O) groups excluding carboxylic acids is 3. The van der Waals surface area contributed by atoms with Crippen LogP contribution < -0.4 is 9.64 Å². The van der Waals surface area contributed by atoms with E-state index in [1.807, 2.05) is 13.8 Å². The topological polar surface area (TPSA) is 99.6 Å². The fourth-order valence-corrected chi connectivity index (χ4v) is 6.62. The number of nitrogens with zero attached hydrogens (tertiary/aromatic N) is 3. The van der Waals surface area contributed by atoms with Crippen LogP contribution in [0, 0.1) is 17.8 Å². The fourth-order valence-electron chi connectivity index (χ4n) is 6.62. The average Bonchev–Trinajstić information content (AvgIpc) is 3.39. The van der Waals surface area contributed by atoms with Crippen molar-refractivity contribution in [2.45, 2.75) is 37.5 Å². The molecule has 6 atom stereocenters. The van der Waals surface area contributed by atoms with Crippen LogP contribution in [0.4, 0.5) is 5.69 Å². The van der Waals surface area contributed by atoms with Gasteiger partial charge in [-0.3, -0.25) is 14.4 Å². The van der Waals surface area contributed by atoms with Crippen molar-refractivity contribution < 1.29 is 29.0 Å². The predicted octanol–water partition coefficient (Wildman–Crippen LogP) is 1.86. The Morgan fingerprint density at radius 3 is 2.43 bits per heavy atom. The monoisotopic (exact) mass is 511 g/mol. The number of anilines is 1. The van der Waals surface area contributed by atoms with E-state index in [0.717, 1.165) is 0 Å². The van der Waals surface area contributed by atoms with Crippen molar-refractivity contribution in [1.29, 1.82) is 0 Å². The molecule has 1 aromatic rings. The molecule has 1 N–H and O–H groups in total. The number of carbonyl (C=O) groups is 3. The number of β-amino-alcohol motifs (C(OH)–C–C–N with tert-alkyl or cyclic N) is 1. The number of hydrogen-bond donors (Lipinski definition) is 1. The molecule has 3 amide bonds. The Morgan fingerprint density at radius 2 is 1.86 bits per heavy atom. The number of hydrogen-bond acceptors (Lipinski definition) is 6. The molecule has 3 unspecified atom stereocenters. The Bertz CT molecular complexity index is 1090. The van der Waals surface area contributed by atoms with E-state index in [2.05, 4.69) is 13.2 Å². The number of likely N-dealkylation sites (N-methyl/N-ethyl adjacent to an activating group) is 1. The Labute approximate surface area is 218 Å². The third kappa shape index (κ3) is 3.95. The largest absolute Gasteiger partial charge is 0.497 e. The molecule has 3 aliphatic rings. The maximum absolute atomic E-state index is 14.4. The Balaban J connectivity index is 1.81. The number of fused-ring (bicyclic) bond motifs is 1. The van der Waals surface area contributed by atoms with Crippen LogP contribution in [-0.4, -0.2) is 90.3 Å². The second-order valence-electron chi connectivity index (χ2n) is 10.4. The first kappa shape index (κ1) is 26.9. The first-order chi connectivity index (χ1) is 17.6. The molecular formula is C28H37N3O6. The summed E-state index contributed by atoms with van der Waals surface area (Å²) in [5, 5.41) is 9.85. The second-order valence-corrected chi connectivity index (χ2v) is 10.4. The molecule has 200 valence electrons. The van der Waals surface area contributed by atoms with Gasteiger partial charge in [0, 0.05) is 32.4 Å². The lowest BCUT2D eigenvalue weighted by Crippen LogP contribution is -2.57. The van der Waals surface area contributed by atoms with Crippen molar-refractivity contribution in [3.63, 3.8) is 0 Å². The molecule has 3 aliphatic heterocycles. The summed E-state index contributed by atoms with van der Waals surface area (Å²) >= 11 is 0. The van der Waals surface area contributed by atoms with Crippen LogP contribution in [0.3, 0.4) is 0 Å². The summed E-state index contributed by atoms with van der Waals surface area (Å²) in [6.45, 7) is 11.6. The quantitative estimate of drug-likeness (QED) is 0.482. The van der Waals surface area contributed by atoms with Gasteiger partial charge in [0.2, 0.25) is 11.8 Å². The van der Waals surface area contributed by atoms with Gasteiger partial charge in [-0.2, -0.15) is 0 Å². The third-order valence-corrected chi connectivity index (χ3v) is 8.40. The van der Waals surface area contributed by atoms with Crippen molar-refractivity contribution >= 4 is 23.4 Å². The van der Waals surface area contributed by atoms with E-state index in [-0.39, 0.29) is 43.3 Å². The van der Waals surface area contributed by atoms with Crippen LogP contribution in [0.15, 0.2) is 49.6 Å². The third-order valence-electron chi connectivity index (χ3n) is 8.40. The highest BCUT2D eigenvalue weighted by Gasteiger charge is 2.80. The molecule has 0 saturated carbocycles. The highest BCUT2D eigenvalue weighted by molar-refractivity contribution is 6.05. The van der Waals surface area contributed by atoms with Crippen molar-refractivity contribution in [3.05, 3.63) is 49.6 Å². The maximum atomic E-state index is 14.4. The number of benzene rings is 1. The minimum atomic E-state index is -1.18. The van der Waals surface area contributed by atoms with E-state index in [9.17, 15) is 19.5 Å². The second kappa shape index (κ2) is 9.95. The first-order valence-corrected chi connectivity index (χ1v) is 12.6. The number of rotatable bonds is 10. The molecule has 4 rings (SSSR count). The van der Waals surface area contributed by atoms with Crippen LogP contribution in [0.5, 0.6) is 5.75 Å². The lowest BCUT2D eigenvalue weighted by molar-refractivity contribution is -0.150. The van der Waals surface area contributed by atoms with E-state index in [0.29, 0.717) is 24.4 Å². The minimum Gasteiger partial charge on any atom is -0.497 e. The summed E-state index contributed by atoms with van der Waals surface area (Å²) < 4.78 is 12.0. The van der Waals surface area contributed by atoms with Gasteiger partial charge in [-0.1, -0.05) is 19.1 Å². The van der Waals surface area contributed by atoms with Gasteiger partial charge in [-0.05, 0) is 43.5 Å². The molecule has 2 bridgehead atoms. The Hall–Kier alpha value is -3.17. The molecule has 3 heterocycles. The zero-order chi connectivity index (χ0) is 27.1. The molecule has 1 spiro atoms. The first-order valence-electron chi connectivity index (χ1n) is 12.6. The van der Waals surface area contributed by atoms with E-state index in [4.69, 9.17) is 9.47 Å². The standard InChI is InChI=1S/C28H37N3O6/c1-7-13-29(5)24(33)21-22-25(34)31(15-16-32)23(28(22)17-18(3)27(21,4)37-28)26(35)30(14-8-2)19-9-11-20(36-6)12-10-19/h7-12,18,21-23,32H,1-2,13-17H2,3-6H3/t18?,21-,22+,23?,27+,28?/m1/s1. The molecule has 0 aliphatic carbocycles. The molecule has 1 aromatic carbocycles.